The molecule has 0 saturated carbocycles. The van der Waals surface area contributed by atoms with Crippen molar-refractivity contribution in [2.45, 2.75) is 52.0 Å². The zero-order valence-corrected chi connectivity index (χ0v) is 16.3. The monoisotopic (exact) mass is 378 g/mol. The van der Waals surface area contributed by atoms with E-state index in [4.69, 9.17) is 0 Å². The number of aromatic nitrogens is 4. The third kappa shape index (κ3) is 3.55. The zero-order valence-electron chi connectivity index (χ0n) is 15.4. The molecule has 142 valence electrons. The first kappa shape index (κ1) is 19.0. The van der Waals surface area contributed by atoms with Crippen LogP contribution in [0.2, 0.25) is 0 Å². The molecular formula is C18H27ClN6O. The summed E-state index contributed by atoms with van der Waals surface area (Å²) in [5.41, 5.74) is 3.09. The lowest BCUT2D eigenvalue weighted by molar-refractivity contribution is -0.133. The number of hydrogen-bond donors (Lipinski definition) is 1. The number of nitrogens with one attached hydrogen (secondary N) is 1. The molecule has 1 N–H and O–H groups in total. The van der Waals surface area contributed by atoms with Crippen molar-refractivity contribution in [1.82, 2.24) is 29.8 Å². The van der Waals surface area contributed by atoms with Crippen molar-refractivity contribution in [2.24, 2.45) is 5.92 Å². The largest absolute Gasteiger partial charge is 0.342 e. The molecule has 2 fully saturated rings. The number of amides is 1. The number of halogens is 1. The number of aryl methyl sites for hydroxylation is 2. The van der Waals surface area contributed by atoms with Crippen molar-refractivity contribution in [3.05, 3.63) is 23.3 Å². The van der Waals surface area contributed by atoms with Crippen molar-refractivity contribution >= 4 is 24.1 Å². The summed E-state index contributed by atoms with van der Waals surface area (Å²) in [5, 5.41) is 7.83. The third-order valence-electron chi connectivity index (χ3n) is 5.82. The Bertz CT molecular complexity index is 791. The summed E-state index contributed by atoms with van der Waals surface area (Å²) in [6.45, 7) is 6.93. The number of hydrogen-bond acceptors (Lipinski definition) is 5. The van der Waals surface area contributed by atoms with Crippen molar-refractivity contribution in [3.63, 3.8) is 0 Å². The lowest BCUT2D eigenvalue weighted by Gasteiger charge is -2.41. The highest BCUT2D eigenvalue weighted by molar-refractivity contribution is 5.85. The van der Waals surface area contributed by atoms with Crippen LogP contribution in [0.1, 0.15) is 42.6 Å². The number of carbonyl (C=O) groups excluding carboxylic acids is 1. The van der Waals surface area contributed by atoms with E-state index < -0.39 is 0 Å². The fourth-order valence-corrected chi connectivity index (χ4v) is 4.38. The fourth-order valence-electron chi connectivity index (χ4n) is 4.38. The molecule has 2 atom stereocenters. The molecule has 0 aromatic carbocycles. The Balaban J connectivity index is 0.00000196. The number of fused-ring (bicyclic) bond motifs is 2. The van der Waals surface area contributed by atoms with Gasteiger partial charge in [0, 0.05) is 36.9 Å². The second kappa shape index (κ2) is 7.88. The number of carbonyl (C=O) groups is 1. The number of likely N-dealkylation sites (tertiary alicyclic amines) is 1. The predicted molar refractivity (Wildman–Crippen MR) is 102 cm³/mol. The first-order valence-electron chi connectivity index (χ1n) is 9.30. The summed E-state index contributed by atoms with van der Waals surface area (Å²) in [4.78, 5) is 23.4. The van der Waals surface area contributed by atoms with Crippen molar-refractivity contribution in [3.8, 4) is 0 Å². The Morgan fingerprint density at radius 2 is 2.19 bits per heavy atom. The molecule has 0 bridgehead atoms. The van der Waals surface area contributed by atoms with Crippen molar-refractivity contribution in [1.29, 1.82) is 0 Å². The van der Waals surface area contributed by atoms with E-state index in [-0.39, 0.29) is 18.3 Å². The standard InChI is InChI=1S/C18H26N6O.ClH/c1-12-15(13(2)24-18(22-12)20-11-21-24)5-6-17(25)23-9-7-16-14(10-23)4-3-8-19-16;/h11,14,16,19H,3-10H2,1-2H3;1H/t14-,16+;/m1./s1. The average Bonchev–Trinajstić information content (AvgIpc) is 3.09. The Hall–Kier alpha value is -1.73. The van der Waals surface area contributed by atoms with Gasteiger partial charge in [0.05, 0.1) is 0 Å². The van der Waals surface area contributed by atoms with E-state index in [0.29, 0.717) is 30.6 Å². The summed E-state index contributed by atoms with van der Waals surface area (Å²) < 4.78 is 1.76. The van der Waals surface area contributed by atoms with Gasteiger partial charge < -0.3 is 10.2 Å². The molecule has 0 spiro atoms. The lowest BCUT2D eigenvalue weighted by atomic mass is 9.85. The van der Waals surface area contributed by atoms with Gasteiger partial charge in [-0.05, 0) is 57.6 Å². The fraction of sp³-hybridized carbons (Fsp3) is 0.667. The van der Waals surface area contributed by atoms with Crippen LogP contribution in [0.4, 0.5) is 0 Å². The number of rotatable bonds is 3. The van der Waals surface area contributed by atoms with Gasteiger partial charge in [-0.2, -0.15) is 10.1 Å². The van der Waals surface area contributed by atoms with Crippen LogP contribution >= 0.6 is 12.4 Å². The van der Waals surface area contributed by atoms with Gasteiger partial charge in [0.15, 0.2) is 0 Å². The Morgan fingerprint density at radius 3 is 3.04 bits per heavy atom. The number of piperidine rings is 2. The van der Waals surface area contributed by atoms with E-state index in [1.54, 1.807) is 4.52 Å². The highest BCUT2D eigenvalue weighted by Crippen LogP contribution is 2.25. The van der Waals surface area contributed by atoms with E-state index in [9.17, 15) is 4.79 Å². The summed E-state index contributed by atoms with van der Waals surface area (Å²) in [6, 6.07) is 0.612. The molecule has 4 rings (SSSR count). The Kier molecular flexibility index (Phi) is 5.77. The van der Waals surface area contributed by atoms with Crippen LogP contribution in [0.25, 0.3) is 5.78 Å². The van der Waals surface area contributed by atoms with Gasteiger partial charge in [-0.1, -0.05) is 0 Å². The normalized spacial score (nSPS) is 22.8. The minimum atomic E-state index is 0. The van der Waals surface area contributed by atoms with Crippen LogP contribution in [0.15, 0.2) is 6.33 Å². The van der Waals surface area contributed by atoms with Crippen LogP contribution in [-0.4, -0.2) is 56.1 Å². The quantitative estimate of drug-likeness (QED) is 0.879. The molecule has 26 heavy (non-hydrogen) atoms. The molecule has 0 unspecified atom stereocenters. The highest BCUT2D eigenvalue weighted by Gasteiger charge is 2.32. The molecule has 0 radical (unpaired) electrons. The molecule has 1 amide bonds. The highest BCUT2D eigenvalue weighted by atomic mass is 35.5. The van der Waals surface area contributed by atoms with E-state index in [1.165, 1.54) is 19.2 Å². The Labute approximate surface area is 160 Å². The number of nitrogens with zero attached hydrogens (tertiary/aromatic N) is 5. The predicted octanol–water partition coefficient (Wildman–Crippen LogP) is 1.70. The lowest BCUT2D eigenvalue weighted by Crippen LogP contribution is -2.53. The Morgan fingerprint density at radius 1 is 1.35 bits per heavy atom. The van der Waals surface area contributed by atoms with Gasteiger partial charge in [0.2, 0.25) is 5.91 Å². The molecule has 7 nitrogen and oxygen atoms in total. The third-order valence-corrected chi connectivity index (χ3v) is 5.82. The molecule has 2 aromatic heterocycles. The van der Waals surface area contributed by atoms with Crippen molar-refractivity contribution in [2.75, 3.05) is 19.6 Å². The van der Waals surface area contributed by atoms with E-state index in [0.717, 1.165) is 43.0 Å². The second-order valence-electron chi connectivity index (χ2n) is 7.32. The van der Waals surface area contributed by atoms with Gasteiger partial charge in [-0.25, -0.2) is 9.50 Å². The summed E-state index contributed by atoms with van der Waals surface area (Å²) in [7, 11) is 0. The minimum absolute atomic E-state index is 0. The smallest absolute Gasteiger partial charge is 0.252 e. The van der Waals surface area contributed by atoms with Crippen LogP contribution < -0.4 is 5.32 Å². The van der Waals surface area contributed by atoms with E-state index in [1.807, 2.05) is 13.8 Å². The van der Waals surface area contributed by atoms with Gasteiger partial charge in [0.1, 0.15) is 6.33 Å². The minimum Gasteiger partial charge on any atom is -0.342 e. The molecule has 8 heteroatoms. The summed E-state index contributed by atoms with van der Waals surface area (Å²) >= 11 is 0. The zero-order chi connectivity index (χ0) is 17.4. The van der Waals surface area contributed by atoms with Crippen LogP contribution in [0.5, 0.6) is 0 Å². The first-order chi connectivity index (χ1) is 12.1. The second-order valence-corrected chi connectivity index (χ2v) is 7.32. The van der Waals surface area contributed by atoms with Gasteiger partial charge >= 0.3 is 0 Å². The molecule has 0 aliphatic carbocycles. The van der Waals surface area contributed by atoms with Crippen LogP contribution in [0, 0.1) is 19.8 Å². The van der Waals surface area contributed by atoms with Gasteiger partial charge in [0.25, 0.3) is 5.78 Å². The summed E-state index contributed by atoms with van der Waals surface area (Å²) in [6.07, 6.45) is 6.32. The summed E-state index contributed by atoms with van der Waals surface area (Å²) in [5.74, 6) is 1.52. The maximum Gasteiger partial charge on any atom is 0.252 e. The van der Waals surface area contributed by atoms with E-state index in [2.05, 4.69) is 25.3 Å². The first-order valence-corrected chi connectivity index (χ1v) is 9.30. The maximum atomic E-state index is 12.7. The molecule has 2 aliphatic rings. The molecule has 2 aliphatic heterocycles. The topological polar surface area (TPSA) is 75.4 Å². The molecular weight excluding hydrogens is 352 g/mol. The maximum absolute atomic E-state index is 12.7. The van der Waals surface area contributed by atoms with Gasteiger partial charge in [-0.3, -0.25) is 4.79 Å². The van der Waals surface area contributed by atoms with Crippen LogP contribution in [-0.2, 0) is 11.2 Å². The molecule has 2 aromatic rings. The molecule has 4 heterocycles. The molecule has 2 saturated heterocycles. The van der Waals surface area contributed by atoms with Crippen molar-refractivity contribution < 1.29 is 4.79 Å². The van der Waals surface area contributed by atoms with E-state index >= 15 is 0 Å². The SMILES string of the molecule is Cc1nc2ncnn2c(C)c1CCC(=O)N1CC[C@@H]2NCCC[C@@H]2C1.Cl. The van der Waals surface area contributed by atoms with Crippen LogP contribution in [0.3, 0.4) is 0 Å². The average molecular weight is 379 g/mol. The van der Waals surface area contributed by atoms with Gasteiger partial charge in [-0.15, -0.1) is 12.4 Å².